The van der Waals surface area contributed by atoms with Crippen molar-refractivity contribution in [1.29, 1.82) is 0 Å². The van der Waals surface area contributed by atoms with Crippen LogP contribution in [0.25, 0.3) is 0 Å². The highest BCUT2D eigenvalue weighted by molar-refractivity contribution is 5.93. The Balaban J connectivity index is 2.28. The van der Waals surface area contributed by atoms with E-state index in [1.807, 2.05) is 0 Å². The first-order valence-corrected chi connectivity index (χ1v) is 5.59. The number of benzene rings is 1. The third-order valence-electron chi connectivity index (χ3n) is 3.32. The van der Waals surface area contributed by atoms with Crippen molar-refractivity contribution in [3.8, 4) is 0 Å². The van der Waals surface area contributed by atoms with Crippen molar-refractivity contribution in [1.82, 2.24) is 4.90 Å². The van der Waals surface area contributed by atoms with Crippen LogP contribution in [-0.2, 0) is 9.59 Å². The summed E-state index contributed by atoms with van der Waals surface area (Å²) in [7, 11) is 1.69. The number of amides is 1. The fraction of sp³-hybridized carbons (Fsp3) is 0.385. The van der Waals surface area contributed by atoms with E-state index in [9.17, 15) is 14.0 Å². The molecule has 0 radical (unpaired) electrons. The van der Waals surface area contributed by atoms with E-state index in [-0.39, 0.29) is 17.6 Å². The Morgan fingerprint density at radius 3 is 2.59 bits per heavy atom. The van der Waals surface area contributed by atoms with Gasteiger partial charge in [-0.05, 0) is 24.1 Å². The van der Waals surface area contributed by atoms with Gasteiger partial charge < -0.3 is 9.69 Å². The summed E-state index contributed by atoms with van der Waals surface area (Å²) in [4.78, 5) is 24.4. The fourth-order valence-electron chi connectivity index (χ4n) is 2.29. The molecule has 2 atom stereocenters. The normalized spacial score (nSPS) is 24.8. The van der Waals surface area contributed by atoms with E-state index in [1.54, 1.807) is 24.1 Å². The summed E-state index contributed by atoms with van der Waals surface area (Å²) >= 11 is 0. The Hall–Kier alpha value is -1.71. The third kappa shape index (κ3) is 2.20. The molecule has 0 spiro atoms. The molecule has 0 aliphatic carbocycles. The van der Waals surface area contributed by atoms with Crippen molar-refractivity contribution in [2.45, 2.75) is 12.3 Å². The van der Waals surface area contributed by atoms with Crippen LogP contribution in [0.15, 0.2) is 24.3 Å². The van der Waals surface area contributed by atoms with Gasteiger partial charge in [0.05, 0.1) is 0 Å². The largest absolute Gasteiger partial charge is 0.345 e. The Morgan fingerprint density at radius 2 is 2.00 bits per heavy atom. The van der Waals surface area contributed by atoms with Crippen molar-refractivity contribution in [2.24, 2.45) is 5.92 Å². The van der Waals surface area contributed by atoms with Crippen LogP contribution in [0, 0.1) is 11.7 Å². The summed E-state index contributed by atoms with van der Waals surface area (Å²) in [6.45, 7) is 0.630. The third-order valence-corrected chi connectivity index (χ3v) is 3.32. The highest BCUT2D eigenvalue weighted by Crippen LogP contribution is 2.32. The van der Waals surface area contributed by atoms with Gasteiger partial charge in [-0.2, -0.15) is 0 Å². The number of carbonyl (C=O) groups is 2. The maximum absolute atomic E-state index is 12.8. The lowest BCUT2D eigenvalue weighted by Gasteiger charge is -2.33. The number of aldehydes is 1. The zero-order valence-corrected chi connectivity index (χ0v) is 9.60. The molecule has 1 aromatic rings. The summed E-state index contributed by atoms with van der Waals surface area (Å²) in [6, 6.07) is 6.02. The number of carbonyl (C=O) groups excluding carboxylic acids is 2. The Bertz CT molecular complexity index is 430. The zero-order chi connectivity index (χ0) is 12.4. The highest BCUT2D eigenvalue weighted by Gasteiger charge is 2.35. The highest BCUT2D eigenvalue weighted by atomic mass is 19.1. The van der Waals surface area contributed by atoms with Gasteiger partial charge in [-0.3, -0.25) is 4.79 Å². The average molecular weight is 235 g/mol. The topological polar surface area (TPSA) is 37.4 Å². The van der Waals surface area contributed by atoms with Crippen molar-refractivity contribution in [3.05, 3.63) is 35.6 Å². The van der Waals surface area contributed by atoms with E-state index in [2.05, 4.69) is 0 Å². The maximum atomic E-state index is 12.8. The minimum absolute atomic E-state index is 0.128. The molecular weight excluding hydrogens is 221 g/mol. The first kappa shape index (κ1) is 11.8. The van der Waals surface area contributed by atoms with Crippen LogP contribution in [0.2, 0.25) is 0 Å². The molecular formula is C13H14FNO2. The molecule has 1 saturated heterocycles. The van der Waals surface area contributed by atoms with Gasteiger partial charge in [0.15, 0.2) is 0 Å². The average Bonchev–Trinajstić information content (AvgIpc) is 2.34. The summed E-state index contributed by atoms with van der Waals surface area (Å²) in [5.74, 6) is -1.23. The summed E-state index contributed by atoms with van der Waals surface area (Å²) in [5.41, 5.74) is 0.852. The van der Waals surface area contributed by atoms with E-state index >= 15 is 0 Å². The number of hydrogen-bond donors (Lipinski definition) is 0. The van der Waals surface area contributed by atoms with Crippen molar-refractivity contribution >= 4 is 12.2 Å². The quantitative estimate of drug-likeness (QED) is 0.576. The summed E-state index contributed by atoms with van der Waals surface area (Å²) < 4.78 is 12.8. The number of hydrogen-bond acceptors (Lipinski definition) is 2. The Labute approximate surface area is 99.2 Å². The predicted octanol–water partition coefficient (Wildman–Crippen LogP) is 1.59. The van der Waals surface area contributed by atoms with Gasteiger partial charge in [0, 0.05) is 19.5 Å². The zero-order valence-electron chi connectivity index (χ0n) is 9.60. The van der Waals surface area contributed by atoms with Crippen LogP contribution < -0.4 is 0 Å². The lowest BCUT2D eigenvalue weighted by molar-refractivity contribution is -0.140. The molecule has 1 aromatic carbocycles. The van der Waals surface area contributed by atoms with Gasteiger partial charge in [0.1, 0.15) is 18.0 Å². The van der Waals surface area contributed by atoms with Crippen LogP contribution in [0.3, 0.4) is 0 Å². The van der Waals surface area contributed by atoms with Gasteiger partial charge in [0.25, 0.3) is 0 Å². The van der Waals surface area contributed by atoms with Crippen LogP contribution in [0.4, 0.5) is 4.39 Å². The molecule has 90 valence electrons. The maximum Gasteiger partial charge on any atom is 0.233 e. The molecule has 1 amide bonds. The minimum Gasteiger partial charge on any atom is -0.345 e. The lowest BCUT2D eigenvalue weighted by Crippen LogP contribution is -2.43. The Kier molecular flexibility index (Phi) is 3.22. The molecule has 1 fully saturated rings. The molecule has 0 bridgehead atoms. The van der Waals surface area contributed by atoms with E-state index in [1.165, 1.54) is 12.1 Å². The van der Waals surface area contributed by atoms with Gasteiger partial charge in [-0.1, -0.05) is 12.1 Å². The first-order valence-electron chi connectivity index (χ1n) is 5.59. The smallest absolute Gasteiger partial charge is 0.233 e. The van der Waals surface area contributed by atoms with E-state index in [0.29, 0.717) is 12.8 Å². The molecule has 1 unspecified atom stereocenters. The molecule has 17 heavy (non-hydrogen) atoms. The van der Waals surface area contributed by atoms with Gasteiger partial charge in [-0.25, -0.2) is 4.39 Å². The first-order chi connectivity index (χ1) is 8.13. The van der Waals surface area contributed by atoms with Crippen molar-refractivity contribution in [3.63, 3.8) is 0 Å². The number of nitrogens with zero attached hydrogens (tertiary/aromatic N) is 1. The van der Waals surface area contributed by atoms with Gasteiger partial charge >= 0.3 is 0 Å². The molecule has 0 saturated carbocycles. The Morgan fingerprint density at radius 1 is 1.35 bits per heavy atom. The second-order valence-electron chi connectivity index (χ2n) is 4.37. The molecule has 1 aliphatic rings. The minimum atomic E-state index is -0.640. The van der Waals surface area contributed by atoms with Gasteiger partial charge in [0.2, 0.25) is 5.91 Å². The second-order valence-corrected chi connectivity index (χ2v) is 4.37. The van der Waals surface area contributed by atoms with Crippen LogP contribution in [-0.4, -0.2) is 30.7 Å². The monoisotopic (exact) mass is 235 g/mol. The van der Waals surface area contributed by atoms with Crippen LogP contribution >= 0.6 is 0 Å². The number of piperidine rings is 1. The second kappa shape index (κ2) is 4.65. The predicted molar refractivity (Wildman–Crippen MR) is 60.9 cm³/mol. The SMILES string of the molecule is CN1CCC(c2ccc(F)cc2)[C@@H](C=O)C1=O. The molecule has 0 N–H and O–H groups in total. The molecule has 4 heteroatoms. The number of halogens is 1. The summed E-state index contributed by atoms with van der Waals surface area (Å²) in [6.07, 6.45) is 1.43. The summed E-state index contributed by atoms with van der Waals surface area (Å²) in [5, 5.41) is 0. The lowest BCUT2D eigenvalue weighted by atomic mass is 9.81. The van der Waals surface area contributed by atoms with Gasteiger partial charge in [-0.15, -0.1) is 0 Å². The van der Waals surface area contributed by atoms with Crippen molar-refractivity contribution in [2.75, 3.05) is 13.6 Å². The molecule has 1 aliphatic heterocycles. The van der Waals surface area contributed by atoms with Crippen LogP contribution in [0.5, 0.6) is 0 Å². The fourth-order valence-corrected chi connectivity index (χ4v) is 2.29. The van der Waals surface area contributed by atoms with E-state index in [0.717, 1.165) is 12.0 Å². The van der Waals surface area contributed by atoms with E-state index in [4.69, 9.17) is 0 Å². The van der Waals surface area contributed by atoms with E-state index < -0.39 is 5.92 Å². The molecule has 1 heterocycles. The van der Waals surface area contributed by atoms with Crippen molar-refractivity contribution < 1.29 is 14.0 Å². The molecule has 0 aromatic heterocycles. The number of rotatable bonds is 2. The molecule has 3 nitrogen and oxygen atoms in total. The number of likely N-dealkylation sites (tertiary alicyclic amines) is 1. The molecule has 2 rings (SSSR count). The standard InChI is InChI=1S/C13H14FNO2/c1-15-7-6-11(12(8-16)13(15)17)9-2-4-10(14)5-3-9/h2-5,8,11-12H,6-7H2,1H3/t11?,12-/m1/s1. The van der Waals surface area contributed by atoms with Crippen LogP contribution in [0.1, 0.15) is 17.9 Å².